The molecule has 0 aliphatic rings. The molecular weight excluding hydrogens is 190 g/mol. The second kappa shape index (κ2) is 5.99. The highest BCUT2D eigenvalue weighted by molar-refractivity contribution is 5.13. The highest BCUT2D eigenvalue weighted by Crippen LogP contribution is 2.06. The van der Waals surface area contributed by atoms with E-state index in [9.17, 15) is 0 Å². The molecular formula is C11H15N3O. The van der Waals surface area contributed by atoms with Gasteiger partial charge in [0.05, 0.1) is 6.54 Å². The van der Waals surface area contributed by atoms with Crippen LogP contribution in [0.4, 0.5) is 0 Å². The fraction of sp³-hybridized carbons (Fsp3) is 0.455. The largest absolute Gasteiger partial charge is 0.450 e. The number of nitrogens with two attached hydrogens (primary N) is 1. The van der Waals surface area contributed by atoms with Gasteiger partial charge in [0.1, 0.15) is 0 Å². The first-order chi connectivity index (χ1) is 7.26. The van der Waals surface area contributed by atoms with Crippen molar-refractivity contribution in [3.05, 3.63) is 17.5 Å². The van der Waals surface area contributed by atoms with Crippen molar-refractivity contribution in [1.82, 2.24) is 9.97 Å². The molecule has 0 radical (unpaired) electrons. The number of nitrogens with zero attached hydrogens (tertiary/aromatic N) is 2. The maximum atomic E-state index is 5.28. The van der Waals surface area contributed by atoms with Gasteiger partial charge in [-0.25, -0.2) is 9.97 Å². The van der Waals surface area contributed by atoms with Crippen LogP contribution in [-0.2, 0) is 6.42 Å². The lowest BCUT2D eigenvalue weighted by atomic mass is 10.3. The van der Waals surface area contributed by atoms with E-state index in [-0.39, 0.29) is 6.61 Å². The number of aromatic nitrogens is 2. The van der Waals surface area contributed by atoms with Crippen molar-refractivity contribution in [1.29, 1.82) is 0 Å². The summed E-state index contributed by atoms with van der Waals surface area (Å²) in [5, 5.41) is 0. The van der Waals surface area contributed by atoms with Gasteiger partial charge in [0.15, 0.2) is 6.61 Å². The van der Waals surface area contributed by atoms with E-state index in [0.29, 0.717) is 12.6 Å². The average Bonchev–Trinajstić information content (AvgIpc) is 2.23. The lowest BCUT2D eigenvalue weighted by Gasteiger charge is -2.03. The third kappa shape index (κ3) is 3.96. The van der Waals surface area contributed by atoms with Gasteiger partial charge >= 0.3 is 6.01 Å². The van der Waals surface area contributed by atoms with Gasteiger partial charge in [-0.2, -0.15) is 0 Å². The number of hydrogen-bond donors (Lipinski definition) is 1. The number of hydrogen-bond acceptors (Lipinski definition) is 4. The van der Waals surface area contributed by atoms with Gasteiger partial charge in [-0.15, -0.1) is 0 Å². The van der Waals surface area contributed by atoms with Crippen LogP contribution in [0.1, 0.15) is 18.3 Å². The van der Waals surface area contributed by atoms with Crippen LogP contribution in [0.5, 0.6) is 6.01 Å². The molecule has 0 atom stereocenters. The molecule has 15 heavy (non-hydrogen) atoms. The van der Waals surface area contributed by atoms with Crippen LogP contribution in [0.25, 0.3) is 0 Å². The van der Waals surface area contributed by atoms with Crippen LogP contribution in [0.2, 0.25) is 0 Å². The Balaban J connectivity index is 2.64. The van der Waals surface area contributed by atoms with E-state index in [2.05, 4.69) is 21.8 Å². The molecule has 80 valence electrons. The van der Waals surface area contributed by atoms with Crippen LogP contribution >= 0.6 is 0 Å². The van der Waals surface area contributed by atoms with Gasteiger partial charge < -0.3 is 10.5 Å². The lowest BCUT2D eigenvalue weighted by Crippen LogP contribution is -2.03. The van der Waals surface area contributed by atoms with Crippen LogP contribution in [0.15, 0.2) is 6.07 Å². The minimum Gasteiger partial charge on any atom is -0.450 e. The first-order valence-corrected chi connectivity index (χ1v) is 4.89. The summed E-state index contributed by atoms with van der Waals surface area (Å²) in [5.41, 5.74) is 7.10. The Morgan fingerprint density at radius 1 is 1.40 bits per heavy atom. The minimum atomic E-state index is 0.282. The molecule has 0 amide bonds. The highest BCUT2D eigenvalue weighted by Gasteiger charge is 2.00. The topological polar surface area (TPSA) is 61.0 Å². The summed E-state index contributed by atoms with van der Waals surface area (Å²) < 4.78 is 5.28. The molecule has 0 fully saturated rings. The minimum absolute atomic E-state index is 0.282. The summed E-state index contributed by atoms with van der Waals surface area (Å²) in [4.78, 5) is 8.36. The third-order valence-corrected chi connectivity index (χ3v) is 1.75. The molecule has 4 heteroatoms. The zero-order chi connectivity index (χ0) is 11.1. The maximum Gasteiger partial charge on any atom is 0.317 e. The predicted molar refractivity (Wildman–Crippen MR) is 58.5 cm³/mol. The molecule has 2 N–H and O–H groups in total. The van der Waals surface area contributed by atoms with Crippen molar-refractivity contribution in [2.75, 3.05) is 13.2 Å². The van der Waals surface area contributed by atoms with Gasteiger partial charge in [-0.1, -0.05) is 18.8 Å². The van der Waals surface area contributed by atoms with Crippen molar-refractivity contribution in [3.63, 3.8) is 0 Å². The van der Waals surface area contributed by atoms with E-state index in [4.69, 9.17) is 10.5 Å². The monoisotopic (exact) mass is 205 g/mol. The second-order valence-corrected chi connectivity index (χ2v) is 2.98. The predicted octanol–water partition coefficient (Wildman–Crippen LogP) is 0.688. The molecule has 0 aromatic carbocycles. The molecule has 1 heterocycles. The lowest BCUT2D eigenvalue weighted by molar-refractivity contribution is 0.337. The Hall–Kier alpha value is -1.60. The van der Waals surface area contributed by atoms with Crippen LogP contribution in [0, 0.1) is 18.8 Å². The van der Waals surface area contributed by atoms with Gasteiger partial charge in [-0.3, -0.25) is 0 Å². The van der Waals surface area contributed by atoms with Gasteiger partial charge in [-0.05, 0) is 19.4 Å². The molecule has 0 saturated heterocycles. The quantitative estimate of drug-likeness (QED) is 0.737. The molecule has 0 aliphatic heterocycles. The molecule has 1 rings (SSSR count). The molecule has 1 aromatic heterocycles. The highest BCUT2D eigenvalue weighted by atomic mass is 16.5. The zero-order valence-electron chi connectivity index (χ0n) is 9.08. The second-order valence-electron chi connectivity index (χ2n) is 2.98. The number of aryl methyl sites for hydroxylation is 2. The van der Waals surface area contributed by atoms with E-state index < -0.39 is 0 Å². The molecule has 0 saturated carbocycles. The summed E-state index contributed by atoms with van der Waals surface area (Å²) >= 11 is 0. The van der Waals surface area contributed by atoms with Crippen molar-refractivity contribution < 1.29 is 4.74 Å². The zero-order valence-corrected chi connectivity index (χ0v) is 9.08. The van der Waals surface area contributed by atoms with E-state index in [1.165, 1.54) is 0 Å². The Kier molecular flexibility index (Phi) is 4.58. The van der Waals surface area contributed by atoms with E-state index >= 15 is 0 Å². The van der Waals surface area contributed by atoms with Crippen LogP contribution in [0.3, 0.4) is 0 Å². The van der Waals surface area contributed by atoms with Crippen molar-refractivity contribution in [2.24, 2.45) is 5.73 Å². The van der Waals surface area contributed by atoms with E-state index in [0.717, 1.165) is 17.8 Å². The fourth-order valence-electron chi connectivity index (χ4n) is 1.07. The molecule has 0 aliphatic carbocycles. The maximum absolute atomic E-state index is 5.28. The molecule has 0 bridgehead atoms. The van der Waals surface area contributed by atoms with Crippen LogP contribution in [-0.4, -0.2) is 23.1 Å². The fourth-order valence-corrected chi connectivity index (χ4v) is 1.07. The van der Waals surface area contributed by atoms with Crippen molar-refractivity contribution >= 4 is 0 Å². The summed E-state index contributed by atoms with van der Waals surface area (Å²) in [6, 6.07) is 2.33. The number of rotatable bonds is 3. The first-order valence-electron chi connectivity index (χ1n) is 4.89. The first kappa shape index (κ1) is 11.5. The van der Waals surface area contributed by atoms with Gasteiger partial charge in [0.25, 0.3) is 0 Å². The molecule has 4 nitrogen and oxygen atoms in total. The van der Waals surface area contributed by atoms with Crippen molar-refractivity contribution in [3.8, 4) is 17.9 Å². The van der Waals surface area contributed by atoms with E-state index in [1.807, 2.05) is 19.9 Å². The Morgan fingerprint density at radius 2 is 2.20 bits per heavy atom. The smallest absolute Gasteiger partial charge is 0.317 e. The molecule has 0 unspecified atom stereocenters. The molecule has 0 spiro atoms. The Morgan fingerprint density at radius 3 is 2.87 bits per heavy atom. The Bertz CT molecular complexity index is 379. The normalized spacial score (nSPS) is 9.27. The SMILES string of the molecule is CCc1cc(C)nc(OCC#CCN)n1. The standard InChI is InChI=1S/C11H15N3O/c1-3-10-8-9(2)13-11(14-10)15-7-5-4-6-12/h8H,3,6-7,12H2,1-2H3. The summed E-state index contributed by atoms with van der Waals surface area (Å²) in [6.07, 6.45) is 0.869. The molecule has 1 aromatic rings. The third-order valence-electron chi connectivity index (χ3n) is 1.75. The van der Waals surface area contributed by atoms with E-state index in [1.54, 1.807) is 0 Å². The van der Waals surface area contributed by atoms with Crippen molar-refractivity contribution in [2.45, 2.75) is 20.3 Å². The van der Waals surface area contributed by atoms with Gasteiger partial charge in [0, 0.05) is 11.4 Å². The summed E-state index contributed by atoms with van der Waals surface area (Å²) in [5.74, 6) is 5.47. The number of ether oxygens (including phenoxy) is 1. The average molecular weight is 205 g/mol. The Labute approximate surface area is 89.9 Å². The van der Waals surface area contributed by atoms with Crippen LogP contribution < -0.4 is 10.5 Å². The summed E-state index contributed by atoms with van der Waals surface area (Å²) in [7, 11) is 0. The summed E-state index contributed by atoms with van der Waals surface area (Å²) in [6.45, 7) is 4.58. The van der Waals surface area contributed by atoms with Gasteiger partial charge in [0.2, 0.25) is 0 Å².